The summed E-state index contributed by atoms with van der Waals surface area (Å²) in [5.41, 5.74) is 3.47. The van der Waals surface area contributed by atoms with E-state index in [9.17, 15) is 9.90 Å². The number of aliphatic hydroxyl groups excluding tert-OH is 1. The lowest BCUT2D eigenvalue weighted by atomic mass is 9.90. The molecule has 2 aromatic heterocycles. The number of thiophene rings is 1. The number of nitrogens with zero attached hydrogens (tertiary/aromatic N) is 4. The maximum Gasteiger partial charge on any atom is 0.338 e. The molecule has 0 bridgehead atoms. The van der Waals surface area contributed by atoms with Gasteiger partial charge in [-0.15, -0.1) is 16.4 Å². The van der Waals surface area contributed by atoms with E-state index in [4.69, 9.17) is 4.74 Å². The van der Waals surface area contributed by atoms with Gasteiger partial charge >= 0.3 is 5.97 Å². The summed E-state index contributed by atoms with van der Waals surface area (Å²) in [6.45, 7) is 3.54. The molecule has 5 rings (SSSR count). The molecule has 0 saturated carbocycles. The van der Waals surface area contributed by atoms with Crippen LogP contribution in [0.25, 0.3) is 0 Å². The van der Waals surface area contributed by atoms with Gasteiger partial charge in [-0.1, -0.05) is 59.3 Å². The Hall–Kier alpha value is -3.33. The number of hydrogen-bond acceptors (Lipinski definition) is 7. The Labute approximate surface area is 208 Å². The first-order valence-corrected chi connectivity index (χ1v) is 12.6. The van der Waals surface area contributed by atoms with E-state index in [2.05, 4.69) is 63.9 Å². The predicted octanol–water partition coefficient (Wildman–Crippen LogP) is 4.55. The molecule has 3 atom stereocenters. The van der Waals surface area contributed by atoms with Crippen molar-refractivity contribution in [3.05, 3.63) is 106 Å². The Kier molecular flexibility index (Phi) is 7.03. The first kappa shape index (κ1) is 23.4. The van der Waals surface area contributed by atoms with E-state index >= 15 is 0 Å². The Balaban J connectivity index is 1.30. The van der Waals surface area contributed by atoms with Crippen LogP contribution in [0.4, 0.5) is 0 Å². The molecule has 4 aromatic rings. The van der Waals surface area contributed by atoms with Crippen molar-refractivity contribution in [1.82, 2.24) is 19.9 Å². The van der Waals surface area contributed by atoms with Crippen molar-refractivity contribution in [2.75, 3.05) is 6.54 Å². The molecular formula is C27H28N4O3S. The lowest BCUT2D eigenvalue weighted by Gasteiger charge is -2.42. The molecular weight excluding hydrogens is 460 g/mol. The number of carbonyl (C=O) groups is 1. The molecule has 0 aliphatic carbocycles. The number of ether oxygens (including phenoxy) is 1. The average Bonchev–Trinajstić information content (AvgIpc) is 3.57. The first-order chi connectivity index (χ1) is 17.1. The van der Waals surface area contributed by atoms with E-state index in [1.807, 2.05) is 6.07 Å². The molecule has 1 N–H and O–H groups in total. The van der Waals surface area contributed by atoms with E-state index < -0.39 is 12.1 Å². The van der Waals surface area contributed by atoms with Gasteiger partial charge in [0.1, 0.15) is 12.3 Å². The second-order valence-corrected chi connectivity index (χ2v) is 9.97. The molecule has 0 radical (unpaired) electrons. The van der Waals surface area contributed by atoms with Gasteiger partial charge in [0.25, 0.3) is 0 Å². The Morgan fingerprint density at radius 1 is 1.11 bits per heavy atom. The van der Waals surface area contributed by atoms with E-state index in [0.717, 1.165) is 6.54 Å². The van der Waals surface area contributed by atoms with Crippen molar-refractivity contribution in [1.29, 1.82) is 0 Å². The van der Waals surface area contributed by atoms with Crippen molar-refractivity contribution >= 4 is 17.3 Å². The summed E-state index contributed by atoms with van der Waals surface area (Å²) in [6, 6.07) is 21.5. The Morgan fingerprint density at radius 3 is 2.66 bits per heavy atom. The zero-order valence-electron chi connectivity index (χ0n) is 19.5. The lowest BCUT2D eigenvalue weighted by Crippen LogP contribution is -2.45. The van der Waals surface area contributed by atoms with Crippen LogP contribution >= 0.6 is 11.3 Å². The lowest BCUT2D eigenvalue weighted by molar-refractivity contribution is -0.0105. The highest BCUT2D eigenvalue weighted by atomic mass is 32.1. The highest BCUT2D eigenvalue weighted by molar-refractivity contribution is 7.09. The number of benzene rings is 2. The topological polar surface area (TPSA) is 80.5 Å². The fraction of sp³-hybridized carbons (Fsp3) is 0.296. The van der Waals surface area contributed by atoms with Crippen LogP contribution < -0.4 is 0 Å². The molecule has 0 amide bonds. The summed E-state index contributed by atoms with van der Waals surface area (Å²) in [7, 11) is 0. The van der Waals surface area contributed by atoms with Crippen molar-refractivity contribution in [2.45, 2.75) is 44.7 Å². The number of esters is 1. The minimum absolute atomic E-state index is 0.0292. The van der Waals surface area contributed by atoms with Gasteiger partial charge in [0.2, 0.25) is 0 Å². The van der Waals surface area contributed by atoms with Gasteiger partial charge in [0, 0.05) is 24.0 Å². The van der Waals surface area contributed by atoms with Gasteiger partial charge in [-0.25, -0.2) is 9.48 Å². The monoisotopic (exact) mass is 488 g/mol. The van der Waals surface area contributed by atoms with Crippen LogP contribution in [0.2, 0.25) is 0 Å². The number of hydrogen-bond donors (Lipinski definition) is 1. The second kappa shape index (κ2) is 10.5. The van der Waals surface area contributed by atoms with Crippen LogP contribution in [-0.2, 0) is 17.9 Å². The minimum atomic E-state index is -0.581. The third-order valence-electron chi connectivity index (χ3n) is 6.43. The molecule has 0 spiro atoms. The Bertz CT molecular complexity index is 1240. The summed E-state index contributed by atoms with van der Waals surface area (Å²) in [4.78, 5) is 15.9. The average molecular weight is 489 g/mol. The van der Waals surface area contributed by atoms with E-state index in [-0.39, 0.29) is 18.7 Å². The predicted molar refractivity (Wildman–Crippen MR) is 134 cm³/mol. The van der Waals surface area contributed by atoms with E-state index in [1.165, 1.54) is 16.0 Å². The molecule has 1 aliphatic heterocycles. The van der Waals surface area contributed by atoms with Crippen LogP contribution in [0.5, 0.6) is 0 Å². The molecule has 1 fully saturated rings. The number of likely N-dealkylation sites (tertiary alicyclic amines) is 1. The fourth-order valence-electron chi connectivity index (χ4n) is 4.54. The number of carbonyl (C=O) groups excluding carboxylic acids is 1. The second-order valence-electron chi connectivity index (χ2n) is 8.94. The van der Waals surface area contributed by atoms with Gasteiger partial charge in [0.15, 0.2) is 0 Å². The van der Waals surface area contributed by atoms with Crippen LogP contribution in [-0.4, -0.2) is 43.6 Å². The van der Waals surface area contributed by atoms with E-state index in [0.29, 0.717) is 24.2 Å². The number of piperidine rings is 1. The minimum Gasteiger partial charge on any atom is -0.455 e. The van der Waals surface area contributed by atoms with Gasteiger partial charge in [-0.2, -0.15) is 0 Å². The molecule has 35 heavy (non-hydrogen) atoms. The molecule has 8 heteroatoms. The molecule has 7 nitrogen and oxygen atoms in total. The van der Waals surface area contributed by atoms with E-state index in [1.54, 1.807) is 46.5 Å². The van der Waals surface area contributed by atoms with Crippen molar-refractivity contribution in [2.24, 2.45) is 0 Å². The zero-order chi connectivity index (χ0) is 24.2. The third kappa shape index (κ3) is 5.51. The van der Waals surface area contributed by atoms with Gasteiger partial charge < -0.3 is 9.84 Å². The smallest absolute Gasteiger partial charge is 0.338 e. The van der Waals surface area contributed by atoms with Crippen LogP contribution in [0.1, 0.15) is 50.6 Å². The molecule has 2 aromatic carbocycles. The highest BCUT2D eigenvalue weighted by Gasteiger charge is 2.37. The van der Waals surface area contributed by atoms with Crippen molar-refractivity contribution in [3.63, 3.8) is 0 Å². The van der Waals surface area contributed by atoms with Gasteiger partial charge in [0.05, 0.1) is 23.9 Å². The number of aromatic nitrogens is 3. The maximum absolute atomic E-state index is 12.2. The standard InChI is InChI=1S/C27H28N4O3S/c1-19-9-11-20(12-10-19)24-14-26(32)25(17-30(24)16-23-8-5-13-35-23)31-15-22(28-29-31)18-34-27(33)21-6-3-2-4-7-21/h2-13,15,24-26,32H,14,16-18H2,1H3/t24-,25-,26-/m1/s1. The fourth-order valence-corrected chi connectivity index (χ4v) is 5.27. The molecule has 180 valence electrons. The highest BCUT2D eigenvalue weighted by Crippen LogP contribution is 2.37. The number of rotatable bonds is 7. The summed E-state index contributed by atoms with van der Waals surface area (Å²) < 4.78 is 7.10. The third-order valence-corrected chi connectivity index (χ3v) is 7.29. The van der Waals surface area contributed by atoms with Crippen LogP contribution in [0.3, 0.4) is 0 Å². The molecule has 0 unspecified atom stereocenters. The van der Waals surface area contributed by atoms with Crippen molar-refractivity contribution in [3.8, 4) is 0 Å². The molecule has 1 saturated heterocycles. The SMILES string of the molecule is Cc1ccc([C@H]2C[C@@H](O)[C@H](n3cc(COC(=O)c4ccccc4)nn3)CN2Cc2cccs2)cc1. The van der Waals surface area contributed by atoms with Crippen molar-refractivity contribution < 1.29 is 14.6 Å². The summed E-state index contributed by atoms with van der Waals surface area (Å²) in [6.07, 6.45) is 1.78. The van der Waals surface area contributed by atoms with Gasteiger partial charge in [-0.05, 0) is 42.5 Å². The molecule has 3 heterocycles. The first-order valence-electron chi connectivity index (χ1n) is 11.7. The Morgan fingerprint density at radius 2 is 1.91 bits per heavy atom. The summed E-state index contributed by atoms with van der Waals surface area (Å²) >= 11 is 1.74. The quantitative estimate of drug-likeness (QED) is 0.384. The number of aliphatic hydroxyl groups is 1. The summed E-state index contributed by atoms with van der Waals surface area (Å²) in [5.74, 6) is -0.402. The zero-order valence-corrected chi connectivity index (χ0v) is 20.3. The maximum atomic E-state index is 12.2. The molecule has 1 aliphatic rings. The van der Waals surface area contributed by atoms with Crippen LogP contribution in [0, 0.1) is 6.92 Å². The number of aryl methyl sites for hydroxylation is 1. The van der Waals surface area contributed by atoms with Gasteiger partial charge in [-0.3, -0.25) is 4.90 Å². The largest absolute Gasteiger partial charge is 0.455 e. The summed E-state index contributed by atoms with van der Waals surface area (Å²) in [5, 5.41) is 21.7. The normalized spacial score (nSPS) is 20.6. The van der Waals surface area contributed by atoms with Crippen LogP contribution in [0.15, 0.2) is 78.3 Å².